The standard InChI is InChI=1S/C18H27N3O3/c1-18(2,3)24-17(23)20-12-13-4-6-14(7-5-13)16(22)21-15-8-10-19-11-9-15/h8-11,13-14H,4-7,12H2,1-3H3,(H,20,23)(H,19,21,22). The fourth-order valence-electron chi connectivity index (χ4n) is 2.85. The first-order valence-corrected chi connectivity index (χ1v) is 8.51. The summed E-state index contributed by atoms with van der Waals surface area (Å²) in [7, 11) is 0. The van der Waals surface area contributed by atoms with Gasteiger partial charge in [-0.25, -0.2) is 4.79 Å². The lowest BCUT2D eigenvalue weighted by Crippen LogP contribution is -2.37. The summed E-state index contributed by atoms with van der Waals surface area (Å²) >= 11 is 0. The van der Waals surface area contributed by atoms with Crippen LogP contribution in [0.15, 0.2) is 24.5 Å². The first kappa shape index (κ1) is 18.2. The number of pyridine rings is 1. The van der Waals surface area contributed by atoms with Crippen molar-refractivity contribution in [3.63, 3.8) is 0 Å². The summed E-state index contributed by atoms with van der Waals surface area (Å²) in [6.45, 7) is 6.14. The SMILES string of the molecule is CC(C)(C)OC(=O)NCC1CCC(C(=O)Nc2ccncc2)CC1. The number of nitrogens with zero attached hydrogens (tertiary/aromatic N) is 1. The van der Waals surface area contributed by atoms with Gasteiger partial charge < -0.3 is 15.4 Å². The molecule has 0 radical (unpaired) electrons. The van der Waals surface area contributed by atoms with Crippen LogP contribution in [0, 0.1) is 11.8 Å². The van der Waals surface area contributed by atoms with Gasteiger partial charge in [-0.3, -0.25) is 9.78 Å². The molecule has 6 heteroatoms. The molecule has 0 aliphatic heterocycles. The number of ether oxygens (including phenoxy) is 1. The van der Waals surface area contributed by atoms with Crippen molar-refractivity contribution < 1.29 is 14.3 Å². The van der Waals surface area contributed by atoms with E-state index in [2.05, 4.69) is 15.6 Å². The molecular weight excluding hydrogens is 306 g/mol. The van der Waals surface area contributed by atoms with Gasteiger partial charge in [-0.2, -0.15) is 0 Å². The summed E-state index contributed by atoms with van der Waals surface area (Å²) in [5, 5.41) is 5.76. The lowest BCUT2D eigenvalue weighted by Gasteiger charge is -2.28. The maximum atomic E-state index is 12.3. The second-order valence-electron chi connectivity index (χ2n) is 7.33. The van der Waals surface area contributed by atoms with Crippen LogP contribution < -0.4 is 10.6 Å². The highest BCUT2D eigenvalue weighted by molar-refractivity contribution is 5.92. The number of aromatic nitrogens is 1. The van der Waals surface area contributed by atoms with Gasteiger partial charge in [0.25, 0.3) is 0 Å². The van der Waals surface area contributed by atoms with E-state index in [1.54, 1.807) is 24.5 Å². The van der Waals surface area contributed by atoms with Crippen molar-refractivity contribution in [1.82, 2.24) is 10.3 Å². The summed E-state index contributed by atoms with van der Waals surface area (Å²) in [4.78, 5) is 27.9. The Bertz CT molecular complexity index is 546. The Morgan fingerprint density at radius 2 is 1.79 bits per heavy atom. The molecule has 6 nitrogen and oxygen atoms in total. The minimum Gasteiger partial charge on any atom is -0.444 e. The largest absolute Gasteiger partial charge is 0.444 e. The first-order valence-electron chi connectivity index (χ1n) is 8.51. The number of anilines is 1. The lowest BCUT2D eigenvalue weighted by atomic mass is 9.81. The van der Waals surface area contributed by atoms with Gasteiger partial charge in [0.2, 0.25) is 5.91 Å². The average molecular weight is 333 g/mol. The summed E-state index contributed by atoms with van der Waals surface area (Å²) in [5.41, 5.74) is 0.302. The zero-order valence-electron chi connectivity index (χ0n) is 14.7. The molecule has 0 bridgehead atoms. The first-order chi connectivity index (χ1) is 11.3. The van der Waals surface area contributed by atoms with Crippen LogP contribution >= 0.6 is 0 Å². The molecule has 0 spiro atoms. The summed E-state index contributed by atoms with van der Waals surface area (Å²) in [5.74, 6) is 0.512. The van der Waals surface area contributed by atoms with Gasteiger partial charge >= 0.3 is 6.09 Å². The molecule has 1 aliphatic carbocycles. The van der Waals surface area contributed by atoms with E-state index in [9.17, 15) is 9.59 Å². The van der Waals surface area contributed by atoms with Gasteiger partial charge in [-0.15, -0.1) is 0 Å². The van der Waals surface area contributed by atoms with Crippen LogP contribution in [0.3, 0.4) is 0 Å². The average Bonchev–Trinajstić information content (AvgIpc) is 2.53. The van der Waals surface area contributed by atoms with Crippen molar-refractivity contribution in [2.75, 3.05) is 11.9 Å². The van der Waals surface area contributed by atoms with Crippen LogP contribution in [0.4, 0.5) is 10.5 Å². The van der Waals surface area contributed by atoms with Gasteiger partial charge in [-0.1, -0.05) is 0 Å². The van der Waals surface area contributed by atoms with E-state index in [-0.39, 0.29) is 17.9 Å². The highest BCUT2D eigenvalue weighted by Crippen LogP contribution is 2.29. The minimum absolute atomic E-state index is 0.0379. The Morgan fingerprint density at radius 3 is 2.38 bits per heavy atom. The van der Waals surface area contributed by atoms with E-state index in [0.717, 1.165) is 31.4 Å². The van der Waals surface area contributed by atoms with Crippen LogP contribution in [0.25, 0.3) is 0 Å². The fraction of sp³-hybridized carbons (Fsp3) is 0.611. The Hall–Kier alpha value is -2.11. The maximum Gasteiger partial charge on any atom is 0.407 e. The van der Waals surface area contributed by atoms with Crippen molar-refractivity contribution in [3.05, 3.63) is 24.5 Å². The van der Waals surface area contributed by atoms with E-state index >= 15 is 0 Å². The van der Waals surface area contributed by atoms with Crippen molar-refractivity contribution in [1.29, 1.82) is 0 Å². The van der Waals surface area contributed by atoms with Crippen molar-refractivity contribution in [2.45, 2.75) is 52.1 Å². The summed E-state index contributed by atoms with van der Waals surface area (Å²) in [6, 6.07) is 3.57. The van der Waals surface area contributed by atoms with Crippen LogP contribution in [0.5, 0.6) is 0 Å². The third kappa shape index (κ3) is 6.18. The van der Waals surface area contributed by atoms with Gasteiger partial charge in [0.05, 0.1) is 0 Å². The second-order valence-corrected chi connectivity index (χ2v) is 7.33. The number of amides is 2. The molecule has 1 aliphatic rings. The maximum absolute atomic E-state index is 12.3. The predicted molar refractivity (Wildman–Crippen MR) is 92.6 cm³/mol. The number of carbonyl (C=O) groups is 2. The third-order valence-electron chi connectivity index (χ3n) is 4.10. The highest BCUT2D eigenvalue weighted by Gasteiger charge is 2.27. The monoisotopic (exact) mass is 333 g/mol. The number of hydrogen-bond acceptors (Lipinski definition) is 4. The Labute approximate surface area is 143 Å². The van der Waals surface area contributed by atoms with E-state index in [1.807, 2.05) is 20.8 Å². The topological polar surface area (TPSA) is 80.3 Å². The number of rotatable bonds is 4. The van der Waals surface area contributed by atoms with Crippen molar-refractivity contribution >= 4 is 17.7 Å². The lowest BCUT2D eigenvalue weighted by molar-refractivity contribution is -0.121. The molecule has 0 saturated heterocycles. The second kappa shape index (κ2) is 8.13. The molecular formula is C18H27N3O3. The van der Waals surface area contributed by atoms with Gasteiger partial charge in [0.1, 0.15) is 5.60 Å². The van der Waals surface area contributed by atoms with E-state index in [1.165, 1.54) is 0 Å². The van der Waals surface area contributed by atoms with Crippen LogP contribution in [-0.2, 0) is 9.53 Å². The van der Waals surface area contributed by atoms with E-state index < -0.39 is 5.60 Å². The van der Waals surface area contributed by atoms with Gasteiger partial charge in [0.15, 0.2) is 0 Å². The van der Waals surface area contributed by atoms with Crippen LogP contribution in [0.1, 0.15) is 46.5 Å². The molecule has 0 atom stereocenters. The summed E-state index contributed by atoms with van der Waals surface area (Å²) in [6.07, 6.45) is 6.51. The highest BCUT2D eigenvalue weighted by atomic mass is 16.6. The molecule has 24 heavy (non-hydrogen) atoms. The Kier molecular flexibility index (Phi) is 6.17. The molecule has 132 valence electrons. The minimum atomic E-state index is -0.479. The molecule has 1 aromatic heterocycles. The van der Waals surface area contributed by atoms with Crippen molar-refractivity contribution in [2.24, 2.45) is 11.8 Å². The molecule has 0 unspecified atom stereocenters. The number of carbonyl (C=O) groups excluding carboxylic acids is 2. The van der Waals surface area contributed by atoms with Crippen LogP contribution in [-0.4, -0.2) is 29.1 Å². The quantitative estimate of drug-likeness (QED) is 0.885. The zero-order valence-corrected chi connectivity index (χ0v) is 14.7. The van der Waals surface area contributed by atoms with Gasteiger partial charge in [0, 0.05) is 30.5 Å². The Morgan fingerprint density at radius 1 is 1.17 bits per heavy atom. The molecule has 2 N–H and O–H groups in total. The molecule has 2 rings (SSSR count). The molecule has 2 amide bonds. The number of hydrogen-bond donors (Lipinski definition) is 2. The predicted octanol–water partition coefficient (Wildman–Crippen LogP) is 3.35. The van der Waals surface area contributed by atoms with E-state index in [0.29, 0.717) is 12.5 Å². The third-order valence-corrected chi connectivity index (χ3v) is 4.10. The zero-order chi connectivity index (χ0) is 17.6. The number of nitrogens with one attached hydrogen (secondary N) is 2. The molecule has 1 aromatic rings. The van der Waals surface area contributed by atoms with Crippen LogP contribution in [0.2, 0.25) is 0 Å². The fourth-order valence-corrected chi connectivity index (χ4v) is 2.85. The van der Waals surface area contributed by atoms with Crippen molar-refractivity contribution in [3.8, 4) is 0 Å². The molecule has 1 saturated carbocycles. The van der Waals surface area contributed by atoms with E-state index in [4.69, 9.17) is 4.74 Å². The molecule has 0 aromatic carbocycles. The summed E-state index contributed by atoms with van der Waals surface area (Å²) < 4.78 is 5.24. The smallest absolute Gasteiger partial charge is 0.407 e. The molecule has 1 fully saturated rings. The number of alkyl carbamates (subject to hydrolysis) is 1. The normalized spacial score (nSPS) is 21.0. The Balaban J connectivity index is 1.69. The van der Waals surface area contributed by atoms with Gasteiger partial charge in [-0.05, 0) is 64.5 Å². The molecule has 1 heterocycles.